The molecule has 1 aromatic heterocycles. The molecule has 124 valence electrons. The second kappa shape index (κ2) is 7.06. The number of aromatic nitrogens is 1. The molecule has 0 spiro atoms. The lowest BCUT2D eigenvalue weighted by Crippen LogP contribution is -1.95. The van der Waals surface area contributed by atoms with Crippen molar-refractivity contribution in [3.63, 3.8) is 0 Å². The van der Waals surface area contributed by atoms with E-state index in [1.54, 1.807) is 6.26 Å². The summed E-state index contributed by atoms with van der Waals surface area (Å²) in [5, 5.41) is 2.48. The average Bonchev–Trinajstić information content (AvgIpc) is 2.92. The van der Waals surface area contributed by atoms with Gasteiger partial charge in [-0.3, -0.25) is 0 Å². The number of allylic oxidation sites excluding steroid dienone is 1. The third-order valence-corrected chi connectivity index (χ3v) is 5.11. The number of rotatable bonds is 4. The molecule has 4 rings (SSSR count). The fraction of sp³-hybridized carbons (Fsp3) is 0.0476. The lowest BCUT2D eigenvalue weighted by molar-refractivity contribution is 0.478. The number of hydrogen-bond acceptors (Lipinski definition) is 1. The molecule has 3 aromatic carbocycles. The van der Waals surface area contributed by atoms with Crippen LogP contribution in [0.25, 0.3) is 21.8 Å². The van der Waals surface area contributed by atoms with Gasteiger partial charge in [0.15, 0.2) is 0 Å². The minimum absolute atomic E-state index is 0.746. The molecule has 0 atom stereocenters. The van der Waals surface area contributed by atoms with E-state index in [-0.39, 0.29) is 0 Å². The van der Waals surface area contributed by atoms with Crippen molar-refractivity contribution in [3.05, 3.63) is 88.0 Å². The highest BCUT2D eigenvalue weighted by Crippen LogP contribution is 2.33. The monoisotopic (exact) mass is 455 g/mol. The fourth-order valence-electron chi connectivity index (χ4n) is 3.02. The van der Waals surface area contributed by atoms with E-state index in [2.05, 4.69) is 72.8 Å². The second-order valence-electron chi connectivity index (χ2n) is 5.74. The van der Waals surface area contributed by atoms with E-state index in [1.165, 1.54) is 21.8 Å². The smallest absolute Gasteiger partial charge is 0.126 e. The van der Waals surface area contributed by atoms with Gasteiger partial charge in [0, 0.05) is 37.3 Å². The first-order valence-corrected chi connectivity index (χ1v) is 9.55. The highest BCUT2D eigenvalue weighted by atomic mass is 79.9. The Labute approximate surface area is 163 Å². The van der Waals surface area contributed by atoms with Crippen LogP contribution >= 0.6 is 31.9 Å². The molecule has 0 unspecified atom stereocenters. The summed E-state index contributed by atoms with van der Waals surface area (Å²) < 4.78 is 10.1. The van der Waals surface area contributed by atoms with E-state index in [9.17, 15) is 0 Å². The van der Waals surface area contributed by atoms with Crippen LogP contribution in [0, 0.1) is 0 Å². The minimum Gasteiger partial charge on any atom is -0.465 e. The number of benzene rings is 3. The third-order valence-electron chi connectivity index (χ3n) is 4.12. The number of fused-ring (bicyclic) bond motifs is 3. The van der Waals surface area contributed by atoms with Crippen LogP contribution in [0.1, 0.15) is 0 Å². The Morgan fingerprint density at radius 2 is 1.40 bits per heavy atom. The maximum absolute atomic E-state index is 5.66. The Morgan fingerprint density at radius 3 is 2.00 bits per heavy atom. The van der Waals surface area contributed by atoms with Crippen molar-refractivity contribution in [2.75, 3.05) is 0 Å². The summed E-state index contributed by atoms with van der Waals surface area (Å²) in [5.41, 5.74) is 2.42. The Morgan fingerprint density at radius 1 is 0.800 bits per heavy atom. The van der Waals surface area contributed by atoms with Crippen molar-refractivity contribution >= 4 is 53.7 Å². The Hall–Kier alpha value is -2.04. The van der Waals surface area contributed by atoms with Crippen LogP contribution in [0.5, 0.6) is 5.75 Å². The molecule has 0 N–H and O–H groups in total. The lowest BCUT2D eigenvalue weighted by atomic mass is 10.2. The molecule has 0 aliphatic carbocycles. The van der Waals surface area contributed by atoms with Gasteiger partial charge in [0.2, 0.25) is 0 Å². The topological polar surface area (TPSA) is 14.2 Å². The lowest BCUT2D eigenvalue weighted by Gasteiger charge is -2.04. The Kier molecular flexibility index (Phi) is 4.64. The molecule has 0 aliphatic heterocycles. The van der Waals surface area contributed by atoms with Gasteiger partial charge in [-0.1, -0.05) is 50.1 Å². The zero-order valence-electron chi connectivity index (χ0n) is 13.3. The summed E-state index contributed by atoms with van der Waals surface area (Å²) >= 11 is 7.16. The number of nitrogens with zero attached hydrogens (tertiary/aromatic N) is 1. The van der Waals surface area contributed by atoms with E-state index >= 15 is 0 Å². The number of halogens is 2. The highest BCUT2D eigenvalue weighted by molar-refractivity contribution is 9.10. The van der Waals surface area contributed by atoms with Gasteiger partial charge in [0.05, 0.1) is 6.26 Å². The van der Waals surface area contributed by atoms with Crippen LogP contribution in [-0.4, -0.2) is 4.57 Å². The molecule has 0 radical (unpaired) electrons. The van der Waals surface area contributed by atoms with E-state index < -0.39 is 0 Å². The molecule has 0 saturated heterocycles. The van der Waals surface area contributed by atoms with Crippen LogP contribution in [0.15, 0.2) is 88.0 Å². The van der Waals surface area contributed by atoms with Gasteiger partial charge in [0.1, 0.15) is 5.75 Å². The van der Waals surface area contributed by atoms with E-state index in [4.69, 9.17) is 4.74 Å². The van der Waals surface area contributed by atoms with Crippen molar-refractivity contribution in [3.8, 4) is 5.75 Å². The summed E-state index contributed by atoms with van der Waals surface area (Å²) in [4.78, 5) is 0. The third kappa shape index (κ3) is 3.37. The normalized spacial score (nSPS) is 11.6. The van der Waals surface area contributed by atoms with Crippen LogP contribution in [0.2, 0.25) is 0 Å². The summed E-state index contributed by atoms with van der Waals surface area (Å²) in [7, 11) is 0. The predicted molar refractivity (Wildman–Crippen MR) is 111 cm³/mol. The first-order valence-electron chi connectivity index (χ1n) is 7.96. The first kappa shape index (κ1) is 16.4. The molecular formula is C21H15Br2NO. The van der Waals surface area contributed by atoms with E-state index in [0.29, 0.717) is 0 Å². The van der Waals surface area contributed by atoms with Crippen LogP contribution in [0.4, 0.5) is 0 Å². The van der Waals surface area contributed by atoms with Gasteiger partial charge in [-0.15, -0.1) is 0 Å². The van der Waals surface area contributed by atoms with Crippen LogP contribution < -0.4 is 4.74 Å². The molecule has 0 saturated carbocycles. The molecular weight excluding hydrogens is 442 g/mol. The number of ether oxygens (including phenoxy) is 1. The van der Waals surface area contributed by atoms with Gasteiger partial charge in [-0.25, -0.2) is 0 Å². The van der Waals surface area contributed by atoms with Gasteiger partial charge >= 0.3 is 0 Å². The molecule has 25 heavy (non-hydrogen) atoms. The molecule has 4 aromatic rings. The zero-order chi connectivity index (χ0) is 17.2. The van der Waals surface area contributed by atoms with Crippen molar-refractivity contribution < 1.29 is 4.74 Å². The summed E-state index contributed by atoms with van der Waals surface area (Å²) in [5.74, 6) is 0.842. The summed E-state index contributed by atoms with van der Waals surface area (Å²) in [6.07, 6.45) is 3.79. The van der Waals surface area contributed by atoms with Crippen LogP contribution in [0.3, 0.4) is 0 Å². The molecule has 0 bridgehead atoms. The molecule has 0 aliphatic rings. The molecule has 0 amide bonds. The Balaban J connectivity index is 1.70. The summed E-state index contributed by atoms with van der Waals surface area (Å²) in [6.45, 7) is 0.746. The number of para-hydroxylation sites is 1. The minimum atomic E-state index is 0.746. The quantitative estimate of drug-likeness (QED) is 0.304. The van der Waals surface area contributed by atoms with Crippen molar-refractivity contribution in [1.82, 2.24) is 4.57 Å². The summed E-state index contributed by atoms with van der Waals surface area (Å²) in [6, 6.07) is 22.6. The molecule has 1 heterocycles. The van der Waals surface area contributed by atoms with Gasteiger partial charge in [0.25, 0.3) is 0 Å². The second-order valence-corrected chi connectivity index (χ2v) is 7.57. The molecule has 2 nitrogen and oxygen atoms in total. The first-order chi connectivity index (χ1) is 12.2. The van der Waals surface area contributed by atoms with E-state index in [1.807, 2.05) is 36.4 Å². The van der Waals surface area contributed by atoms with Crippen LogP contribution in [-0.2, 0) is 6.54 Å². The number of hydrogen-bond donors (Lipinski definition) is 0. The molecule has 4 heteroatoms. The maximum Gasteiger partial charge on any atom is 0.126 e. The zero-order valence-corrected chi connectivity index (χ0v) is 16.5. The van der Waals surface area contributed by atoms with Gasteiger partial charge < -0.3 is 9.30 Å². The maximum atomic E-state index is 5.66. The Bertz CT molecular complexity index is 1010. The van der Waals surface area contributed by atoms with E-state index in [0.717, 1.165) is 21.2 Å². The van der Waals surface area contributed by atoms with Crippen molar-refractivity contribution in [2.24, 2.45) is 0 Å². The SMILES string of the molecule is Brc1ccc2c(c1)c1cc(Br)ccc1n2CC=COc1ccccc1. The largest absolute Gasteiger partial charge is 0.465 e. The average molecular weight is 457 g/mol. The molecule has 0 fully saturated rings. The van der Waals surface area contributed by atoms with Gasteiger partial charge in [-0.2, -0.15) is 0 Å². The highest BCUT2D eigenvalue weighted by Gasteiger charge is 2.10. The van der Waals surface area contributed by atoms with Crippen molar-refractivity contribution in [2.45, 2.75) is 6.54 Å². The van der Waals surface area contributed by atoms with Crippen molar-refractivity contribution in [1.29, 1.82) is 0 Å². The van der Waals surface area contributed by atoms with Gasteiger partial charge in [-0.05, 0) is 54.6 Å². The predicted octanol–water partition coefficient (Wildman–Crippen LogP) is 6.91. The standard InChI is InChI=1S/C21H15Br2NO/c22-15-7-9-20-18(13-15)19-14-16(23)8-10-21(19)24(20)11-4-12-25-17-5-2-1-3-6-17/h1-10,12-14H,11H2. The fourth-order valence-corrected chi connectivity index (χ4v) is 3.74.